The highest BCUT2D eigenvalue weighted by Gasteiger charge is 2.32. The third-order valence-corrected chi connectivity index (χ3v) is 6.85. The predicted molar refractivity (Wildman–Crippen MR) is 122 cm³/mol. The summed E-state index contributed by atoms with van der Waals surface area (Å²) in [4.78, 5) is 5.11. The summed E-state index contributed by atoms with van der Waals surface area (Å²) in [5.41, 5.74) is 6.19. The van der Waals surface area contributed by atoms with E-state index in [4.69, 9.17) is 0 Å². The van der Waals surface area contributed by atoms with E-state index in [0.717, 1.165) is 39.1 Å². The molecule has 152 valence electrons. The van der Waals surface area contributed by atoms with E-state index in [1.807, 2.05) is 0 Å². The quantitative estimate of drug-likeness (QED) is 0.636. The van der Waals surface area contributed by atoms with Gasteiger partial charge in [0.15, 0.2) is 0 Å². The topological polar surface area (TPSA) is 6.48 Å². The third kappa shape index (κ3) is 5.17. The number of hydrogen-bond donors (Lipinski definition) is 0. The van der Waals surface area contributed by atoms with E-state index in [1.165, 1.54) is 22.4 Å². The minimum atomic E-state index is 0.283. The van der Waals surface area contributed by atoms with Gasteiger partial charge in [0, 0.05) is 38.4 Å². The monoisotopic (exact) mass is 378 g/mol. The highest BCUT2D eigenvalue weighted by atomic mass is 15.3. The van der Waals surface area contributed by atoms with Crippen molar-refractivity contribution in [3.63, 3.8) is 0 Å². The van der Waals surface area contributed by atoms with Crippen LogP contribution in [0.2, 0.25) is 0 Å². The molecule has 1 aliphatic heterocycles. The Hall–Kier alpha value is -1.80. The van der Waals surface area contributed by atoms with Gasteiger partial charge in [-0.2, -0.15) is 0 Å². The van der Waals surface area contributed by atoms with Gasteiger partial charge in [-0.25, -0.2) is 0 Å². The van der Waals surface area contributed by atoms with Crippen LogP contribution in [0.15, 0.2) is 48.5 Å². The number of aryl methyl sites for hydroxylation is 1. The Kier molecular flexibility index (Phi) is 6.19. The lowest BCUT2D eigenvalue weighted by Gasteiger charge is -2.39. The Labute approximate surface area is 172 Å². The molecule has 0 N–H and O–H groups in total. The van der Waals surface area contributed by atoms with Gasteiger partial charge in [-0.05, 0) is 47.4 Å². The van der Waals surface area contributed by atoms with Crippen LogP contribution in [0, 0.1) is 17.8 Å². The molecule has 1 aliphatic rings. The molecule has 0 amide bonds. The van der Waals surface area contributed by atoms with Gasteiger partial charge >= 0.3 is 0 Å². The maximum atomic E-state index is 2.60. The molecule has 1 saturated heterocycles. The predicted octanol–water partition coefficient (Wildman–Crippen LogP) is 5.93. The molecule has 0 aliphatic carbocycles. The molecule has 2 heteroatoms. The molecule has 0 radical (unpaired) electrons. The van der Waals surface area contributed by atoms with Crippen LogP contribution in [0.4, 0.5) is 5.69 Å². The highest BCUT2D eigenvalue weighted by molar-refractivity contribution is 5.47. The maximum Gasteiger partial charge on any atom is 0.0367 e. The Balaban J connectivity index is 1.57. The molecule has 1 heterocycles. The standard InChI is InChI=1S/C26H38N2/c1-21-10-12-24(13-11-21)28-16-14-27(15-17-28)20-23-9-7-8-22(18-23)19-26(5,6)25(2,3)4/h7-13,18H,14-17,19-20H2,1-6H3. The molecule has 0 bridgehead atoms. The first kappa shape index (κ1) is 20.9. The fourth-order valence-electron chi connectivity index (χ4n) is 3.79. The van der Waals surface area contributed by atoms with Crippen molar-refractivity contribution in [2.45, 2.75) is 54.5 Å². The summed E-state index contributed by atoms with van der Waals surface area (Å²) in [6.45, 7) is 19.5. The minimum absolute atomic E-state index is 0.283. The van der Waals surface area contributed by atoms with E-state index < -0.39 is 0 Å². The molecule has 0 saturated carbocycles. The minimum Gasteiger partial charge on any atom is -0.369 e. The summed E-state index contributed by atoms with van der Waals surface area (Å²) < 4.78 is 0. The van der Waals surface area contributed by atoms with E-state index >= 15 is 0 Å². The molecule has 2 nitrogen and oxygen atoms in total. The fourth-order valence-corrected chi connectivity index (χ4v) is 3.79. The second-order valence-corrected chi connectivity index (χ2v) is 10.2. The largest absolute Gasteiger partial charge is 0.369 e. The van der Waals surface area contributed by atoms with E-state index in [0.29, 0.717) is 5.41 Å². The molecule has 2 aromatic carbocycles. The first-order chi connectivity index (χ1) is 13.1. The van der Waals surface area contributed by atoms with Crippen LogP contribution in [-0.2, 0) is 13.0 Å². The molecule has 3 rings (SSSR count). The van der Waals surface area contributed by atoms with Crippen molar-refractivity contribution >= 4 is 5.69 Å². The lowest BCUT2D eigenvalue weighted by Crippen LogP contribution is -2.45. The lowest BCUT2D eigenvalue weighted by molar-refractivity contribution is 0.132. The van der Waals surface area contributed by atoms with E-state index in [9.17, 15) is 0 Å². The Morgan fingerprint density at radius 1 is 0.786 bits per heavy atom. The van der Waals surface area contributed by atoms with E-state index in [-0.39, 0.29) is 5.41 Å². The molecular weight excluding hydrogens is 340 g/mol. The van der Waals surface area contributed by atoms with Gasteiger partial charge in [-0.1, -0.05) is 76.6 Å². The molecular formula is C26H38N2. The molecule has 0 unspecified atom stereocenters. The van der Waals surface area contributed by atoms with Crippen molar-refractivity contribution in [2.24, 2.45) is 10.8 Å². The van der Waals surface area contributed by atoms with E-state index in [2.05, 4.69) is 99.9 Å². The van der Waals surface area contributed by atoms with Crippen LogP contribution in [0.3, 0.4) is 0 Å². The van der Waals surface area contributed by atoms with Crippen molar-refractivity contribution in [1.29, 1.82) is 0 Å². The first-order valence-electron chi connectivity index (χ1n) is 10.8. The van der Waals surface area contributed by atoms with Crippen LogP contribution in [-0.4, -0.2) is 31.1 Å². The van der Waals surface area contributed by atoms with Gasteiger partial charge in [0.25, 0.3) is 0 Å². The van der Waals surface area contributed by atoms with Crippen LogP contribution in [0.1, 0.15) is 51.3 Å². The van der Waals surface area contributed by atoms with Crippen molar-refractivity contribution in [2.75, 3.05) is 31.1 Å². The SMILES string of the molecule is Cc1ccc(N2CCN(Cc3cccc(CC(C)(C)C(C)(C)C)c3)CC2)cc1. The number of piperazine rings is 1. The Morgan fingerprint density at radius 2 is 1.39 bits per heavy atom. The smallest absolute Gasteiger partial charge is 0.0367 e. The number of nitrogens with zero attached hydrogens (tertiary/aromatic N) is 2. The zero-order chi connectivity index (χ0) is 20.4. The molecule has 1 fully saturated rings. The molecule has 2 aromatic rings. The van der Waals surface area contributed by atoms with Gasteiger partial charge in [-0.3, -0.25) is 4.90 Å². The Bertz CT molecular complexity index is 760. The van der Waals surface area contributed by atoms with Crippen molar-refractivity contribution < 1.29 is 0 Å². The maximum absolute atomic E-state index is 2.60. The number of rotatable bonds is 5. The third-order valence-electron chi connectivity index (χ3n) is 6.85. The van der Waals surface area contributed by atoms with Gasteiger partial charge < -0.3 is 4.90 Å². The number of anilines is 1. The summed E-state index contributed by atoms with van der Waals surface area (Å²) in [6, 6.07) is 18.2. The van der Waals surface area contributed by atoms with Gasteiger partial charge in [0.1, 0.15) is 0 Å². The summed E-state index contributed by atoms with van der Waals surface area (Å²) in [7, 11) is 0. The van der Waals surface area contributed by atoms with Crippen molar-refractivity contribution in [3.8, 4) is 0 Å². The molecule has 0 atom stereocenters. The van der Waals surface area contributed by atoms with Crippen LogP contribution >= 0.6 is 0 Å². The summed E-state index contributed by atoms with van der Waals surface area (Å²) in [5.74, 6) is 0. The molecule has 0 aromatic heterocycles. The average Bonchev–Trinajstić information content (AvgIpc) is 2.62. The summed E-state index contributed by atoms with van der Waals surface area (Å²) >= 11 is 0. The zero-order valence-electron chi connectivity index (χ0n) is 18.8. The van der Waals surface area contributed by atoms with Crippen LogP contribution in [0.25, 0.3) is 0 Å². The second kappa shape index (κ2) is 8.29. The Morgan fingerprint density at radius 3 is 2.00 bits per heavy atom. The number of benzene rings is 2. The molecule has 28 heavy (non-hydrogen) atoms. The normalized spacial score (nSPS) is 16.4. The van der Waals surface area contributed by atoms with Gasteiger partial charge in [0.05, 0.1) is 0 Å². The molecule has 0 spiro atoms. The first-order valence-corrected chi connectivity index (χ1v) is 10.8. The van der Waals surface area contributed by atoms with Gasteiger partial charge in [-0.15, -0.1) is 0 Å². The zero-order valence-corrected chi connectivity index (χ0v) is 18.8. The summed E-state index contributed by atoms with van der Waals surface area (Å²) in [6.07, 6.45) is 1.13. The fraction of sp³-hybridized carbons (Fsp3) is 0.538. The van der Waals surface area contributed by atoms with E-state index in [1.54, 1.807) is 0 Å². The van der Waals surface area contributed by atoms with Crippen LogP contribution < -0.4 is 4.90 Å². The highest BCUT2D eigenvalue weighted by Crippen LogP contribution is 2.40. The van der Waals surface area contributed by atoms with Gasteiger partial charge in [0.2, 0.25) is 0 Å². The summed E-state index contributed by atoms with van der Waals surface area (Å²) in [5, 5.41) is 0. The second-order valence-electron chi connectivity index (χ2n) is 10.2. The van der Waals surface area contributed by atoms with Crippen LogP contribution in [0.5, 0.6) is 0 Å². The number of hydrogen-bond acceptors (Lipinski definition) is 2. The average molecular weight is 379 g/mol. The van der Waals surface area contributed by atoms with Crippen molar-refractivity contribution in [3.05, 3.63) is 65.2 Å². The lowest BCUT2D eigenvalue weighted by atomic mass is 9.66. The van der Waals surface area contributed by atoms with Crippen molar-refractivity contribution in [1.82, 2.24) is 4.90 Å².